The molecule has 134 valence electrons. The average Bonchev–Trinajstić information content (AvgIpc) is 2.90. The summed E-state index contributed by atoms with van der Waals surface area (Å²) < 4.78 is 86.3. The third-order valence-corrected chi connectivity index (χ3v) is 6.90. The highest BCUT2D eigenvalue weighted by atomic mass is 32.2. The number of hydrogen-bond acceptors (Lipinski definition) is 5. The van der Waals surface area contributed by atoms with E-state index >= 15 is 0 Å². The second-order valence-corrected chi connectivity index (χ2v) is 9.43. The van der Waals surface area contributed by atoms with Gasteiger partial charge in [-0.1, -0.05) is 6.92 Å². The van der Waals surface area contributed by atoms with E-state index in [0.29, 0.717) is 5.52 Å². The van der Waals surface area contributed by atoms with Gasteiger partial charge in [0, 0.05) is 6.20 Å². The molecule has 0 aliphatic heterocycles. The first-order valence-electron chi connectivity index (χ1n) is 6.93. The van der Waals surface area contributed by atoms with Gasteiger partial charge in [-0.25, -0.2) is 21.8 Å². The van der Waals surface area contributed by atoms with E-state index in [1.807, 2.05) is 0 Å². The Morgan fingerprint density at radius 2 is 1.68 bits per heavy atom. The highest BCUT2D eigenvalue weighted by Gasteiger charge is 2.47. The number of pyridine rings is 1. The van der Waals surface area contributed by atoms with Crippen molar-refractivity contribution in [3.8, 4) is 0 Å². The van der Waals surface area contributed by atoms with Gasteiger partial charge in [0.2, 0.25) is 0 Å². The van der Waals surface area contributed by atoms with E-state index in [4.69, 9.17) is 0 Å². The maximum Gasteiger partial charge on any atom is 0.501 e. The van der Waals surface area contributed by atoms with Crippen molar-refractivity contribution in [2.45, 2.75) is 22.2 Å². The van der Waals surface area contributed by atoms with Gasteiger partial charge in [-0.2, -0.15) is 13.2 Å². The summed E-state index contributed by atoms with van der Waals surface area (Å²) in [4.78, 5) is 3.17. The van der Waals surface area contributed by atoms with E-state index in [9.17, 15) is 30.0 Å². The predicted molar refractivity (Wildman–Crippen MR) is 83.7 cm³/mol. The molecule has 1 aromatic carbocycles. The SMILES string of the molecule is CCS(=O)(=O)c1ccc2nc3cc(S(=O)(=O)C(F)(F)F)ccc3n2c1. The standard InChI is InChI=1S/C14H11F3N2O4S2/c1-2-24(20,21)10-4-6-13-18-11-7-9(25(22,23)14(15,16)17)3-5-12(11)19(13)8-10/h3-8H,2H2,1H3. The Morgan fingerprint density at radius 3 is 2.28 bits per heavy atom. The number of sulfone groups is 2. The lowest BCUT2D eigenvalue weighted by atomic mass is 10.3. The molecule has 0 radical (unpaired) electrons. The Kier molecular flexibility index (Phi) is 3.84. The third kappa shape index (κ3) is 2.76. The third-order valence-electron chi connectivity index (χ3n) is 3.70. The molecule has 2 heterocycles. The molecule has 25 heavy (non-hydrogen) atoms. The fourth-order valence-corrected chi connectivity index (χ4v) is 3.98. The van der Waals surface area contributed by atoms with Gasteiger partial charge in [-0.15, -0.1) is 0 Å². The highest BCUT2D eigenvalue weighted by molar-refractivity contribution is 7.92. The Morgan fingerprint density at radius 1 is 1.04 bits per heavy atom. The van der Waals surface area contributed by atoms with Gasteiger partial charge >= 0.3 is 5.51 Å². The minimum Gasteiger partial charge on any atom is -0.298 e. The summed E-state index contributed by atoms with van der Waals surface area (Å²) >= 11 is 0. The number of imidazole rings is 1. The van der Waals surface area contributed by atoms with Crippen LogP contribution in [0.1, 0.15) is 6.92 Å². The lowest BCUT2D eigenvalue weighted by molar-refractivity contribution is -0.0435. The van der Waals surface area contributed by atoms with Gasteiger partial charge in [0.15, 0.2) is 9.84 Å². The van der Waals surface area contributed by atoms with Crippen molar-refractivity contribution in [1.82, 2.24) is 9.38 Å². The van der Waals surface area contributed by atoms with Gasteiger partial charge in [-0.3, -0.25) is 4.40 Å². The Balaban J connectivity index is 2.26. The topological polar surface area (TPSA) is 85.6 Å². The maximum absolute atomic E-state index is 12.7. The van der Waals surface area contributed by atoms with Crippen molar-refractivity contribution in [2.24, 2.45) is 0 Å². The van der Waals surface area contributed by atoms with Crippen molar-refractivity contribution < 1.29 is 30.0 Å². The van der Waals surface area contributed by atoms with Crippen molar-refractivity contribution >= 4 is 36.4 Å². The first-order valence-corrected chi connectivity index (χ1v) is 10.1. The second kappa shape index (κ2) is 5.43. The summed E-state index contributed by atoms with van der Waals surface area (Å²) in [6.45, 7) is 1.49. The number of alkyl halides is 3. The number of halogens is 3. The molecule has 3 aromatic rings. The van der Waals surface area contributed by atoms with Gasteiger partial charge in [0.05, 0.1) is 26.6 Å². The number of rotatable bonds is 3. The molecular formula is C14H11F3N2O4S2. The zero-order chi connectivity index (χ0) is 18.6. The normalized spacial score (nSPS) is 13.6. The highest BCUT2D eigenvalue weighted by Crippen LogP contribution is 2.32. The Bertz CT molecular complexity index is 1200. The van der Waals surface area contributed by atoms with E-state index in [-0.39, 0.29) is 21.8 Å². The van der Waals surface area contributed by atoms with Gasteiger partial charge in [0.1, 0.15) is 5.65 Å². The molecule has 0 saturated heterocycles. The van der Waals surface area contributed by atoms with Crippen molar-refractivity contribution in [3.05, 3.63) is 36.5 Å². The largest absolute Gasteiger partial charge is 0.501 e. The summed E-state index contributed by atoms with van der Waals surface area (Å²) in [5.74, 6) is -0.112. The monoisotopic (exact) mass is 392 g/mol. The minimum absolute atomic E-state index is 0.0105. The van der Waals surface area contributed by atoms with Crippen LogP contribution in [0.5, 0.6) is 0 Å². The fourth-order valence-electron chi connectivity index (χ4n) is 2.33. The Labute approximate surface area is 140 Å². The van der Waals surface area contributed by atoms with Crippen LogP contribution >= 0.6 is 0 Å². The summed E-state index contributed by atoms with van der Waals surface area (Å²) in [5, 5.41) is 0. The van der Waals surface area contributed by atoms with Gasteiger partial charge in [0.25, 0.3) is 9.84 Å². The molecule has 0 aliphatic rings. The molecule has 0 spiro atoms. The molecule has 0 bridgehead atoms. The Hall–Kier alpha value is -2.14. The second-order valence-electron chi connectivity index (χ2n) is 5.21. The molecule has 0 amide bonds. The van der Waals surface area contributed by atoms with E-state index in [0.717, 1.165) is 18.2 Å². The van der Waals surface area contributed by atoms with Crippen molar-refractivity contribution in [1.29, 1.82) is 0 Å². The van der Waals surface area contributed by atoms with E-state index < -0.39 is 30.1 Å². The van der Waals surface area contributed by atoms with Crippen LogP contribution in [0, 0.1) is 0 Å². The lowest BCUT2D eigenvalue weighted by Gasteiger charge is -2.07. The van der Waals surface area contributed by atoms with Crippen LogP contribution in [-0.4, -0.2) is 37.5 Å². The van der Waals surface area contributed by atoms with Crippen LogP contribution in [-0.2, 0) is 19.7 Å². The predicted octanol–water partition coefficient (Wildman–Crippen LogP) is 2.57. The summed E-state index contributed by atoms with van der Waals surface area (Å²) in [7, 11) is -8.97. The molecule has 6 nitrogen and oxygen atoms in total. The molecule has 2 aromatic heterocycles. The molecule has 0 saturated carbocycles. The summed E-state index contributed by atoms with van der Waals surface area (Å²) in [6.07, 6.45) is 1.31. The summed E-state index contributed by atoms with van der Waals surface area (Å²) in [6, 6.07) is 5.55. The van der Waals surface area contributed by atoms with Crippen molar-refractivity contribution in [3.63, 3.8) is 0 Å². The molecule has 3 rings (SSSR count). The average molecular weight is 392 g/mol. The number of nitrogens with zero attached hydrogens (tertiary/aromatic N) is 2. The first-order chi connectivity index (χ1) is 11.5. The fraction of sp³-hybridized carbons (Fsp3) is 0.214. The zero-order valence-electron chi connectivity index (χ0n) is 12.6. The number of benzene rings is 1. The molecule has 11 heteroatoms. The van der Waals surface area contributed by atoms with Crippen LogP contribution in [0.2, 0.25) is 0 Å². The maximum atomic E-state index is 12.7. The van der Waals surface area contributed by atoms with E-state index in [1.54, 1.807) is 0 Å². The van der Waals surface area contributed by atoms with Gasteiger partial charge in [-0.05, 0) is 30.3 Å². The molecular weight excluding hydrogens is 381 g/mol. The van der Waals surface area contributed by atoms with Crippen LogP contribution < -0.4 is 0 Å². The quantitative estimate of drug-likeness (QED) is 0.684. The molecule has 0 atom stereocenters. The van der Waals surface area contributed by atoms with Crippen LogP contribution in [0.4, 0.5) is 13.2 Å². The number of aromatic nitrogens is 2. The molecule has 0 N–H and O–H groups in total. The van der Waals surface area contributed by atoms with E-state index in [2.05, 4.69) is 4.98 Å². The molecule has 0 aliphatic carbocycles. The smallest absolute Gasteiger partial charge is 0.298 e. The van der Waals surface area contributed by atoms with Crippen LogP contribution in [0.15, 0.2) is 46.3 Å². The van der Waals surface area contributed by atoms with E-state index in [1.165, 1.54) is 29.7 Å². The van der Waals surface area contributed by atoms with Crippen LogP contribution in [0.3, 0.4) is 0 Å². The van der Waals surface area contributed by atoms with Crippen molar-refractivity contribution in [2.75, 3.05) is 5.75 Å². The van der Waals surface area contributed by atoms with Gasteiger partial charge < -0.3 is 0 Å². The first kappa shape index (κ1) is 17.7. The van der Waals surface area contributed by atoms with Crippen LogP contribution in [0.25, 0.3) is 16.7 Å². The number of fused-ring (bicyclic) bond motifs is 3. The number of hydrogen-bond donors (Lipinski definition) is 0. The molecule has 0 fully saturated rings. The molecule has 0 unspecified atom stereocenters. The zero-order valence-corrected chi connectivity index (χ0v) is 14.3. The lowest BCUT2D eigenvalue weighted by Crippen LogP contribution is -2.23. The minimum atomic E-state index is -5.49. The summed E-state index contributed by atoms with van der Waals surface area (Å²) in [5.41, 5.74) is -4.82.